The first-order chi connectivity index (χ1) is 22.4. The Morgan fingerprint density at radius 1 is 0.717 bits per heavy atom. The highest BCUT2D eigenvalue weighted by Gasteiger charge is 2.24. The summed E-state index contributed by atoms with van der Waals surface area (Å²) in [5, 5.41) is 9.82. The summed E-state index contributed by atoms with van der Waals surface area (Å²) in [6.45, 7) is 10.9. The molecule has 0 radical (unpaired) electrons. The van der Waals surface area contributed by atoms with Gasteiger partial charge in [-0.2, -0.15) is 5.10 Å². The van der Waals surface area contributed by atoms with Crippen LogP contribution in [0.3, 0.4) is 0 Å². The second-order valence-electron chi connectivity index (χ2n) is 12.0. The van der Waals surface area contributed by atoms with E-state index < -0.39 is 0 Å². The summed E-state index contributed by atoms with van der Waals surface area (Å²) in [7, 11) is 4.05. The lowest BCUT2D eigenvalue weighted by atomic mass is 10.0. The maximum Gasteiger partial charge on any atom is 0.255 e. The summed E-state index contributed by atoms with van der Waals surface area (Å²) < 4.78 is 1.80. The van der Waals surface area contributed by atoms with E-state index in [0.717, 1.165) is 76.8 Å². The number of pyridine rings is 3. The van der Waals surface area contributed by atoms with E-state index >= 15 is 0 Å². The molecule has 0 saturated carbocycles. The number of carbonyl (C=O) groups excluding carboxylic acids is 1. The van der Waals surface area contributed by atoms with Gasteiger partial charge in [0.2, 0.25) is 0 Å². The Morgan fingerprint density at radius 2 is 1.50 bits per heavy atom. The Bertz CT molecular complexity index is 1870. The van der Waals surface area contributed by atoms with Crippen molar-refractivity contribution in [2.24, 2.45) is 7.05 Å². The molecule has 11 heteroatoms. The van der Waals surface area contributed by atoms with E-state index in [1.165, 1.54) is 0 Å². The molecule has 46 heavy (non-hydrogen) atoms. The molecule has 0 aliphatic carbocycles. The molecule has 7 rings (SSSR count). The number of benzene rings is 1. The lowest BCUT2D eigenvalue weighted by molar-refractivity contribution is 0.0746. The summed E-state index contributed by atoms with van der Waals surface area (Å²) in [5.74, 6) is 2.53. The van der Waals surface area contributed by atoms with Crippen molar-refractivity contribution in [3.8, 4) is 11.1 Å². The molecular formula is C35H38N10O. The van der Waals surface area contributed by atoms with Gasteiger partial charge in [0, 0.05) is 106 Å². The molecule has 0 atom stereocenters. The first-order valence-corrected chi connectivity index (χ1v) is 15.6. The minimum absolute atomic E-state index is 0.0202. The molecule has 6 heterocycles. The van der Waals surface area contributed by atoms with Gasteiger partial charge in [-0.1, -0.05) is 18.7 Å². The number of hydrogen-bond acceptors (Lipinski definition) is 9. The van der Waals surface area contributed by atoms with Crippen LogP contribution in [0.4, 0.5) is 17.5 Å². The molecule has 0 spiro atoms. The van der Waals surface area contributed by atoms with Crippen LogP contribution in [0.15, 0.2) is 86.1 Å². The minimum Gasteiger partial charge on any atom is -0.354 e. The van der Waals surface area contributed by atoms with E-state index in [4.69, 9.17) is 0 Å². The second kappa shape index (κ2) is 12.6. The quantitative estimate of drug-likeness (QED) is 0.289. The lowest BCUT2D eigenvalue weighted by Gasteiger charge is -2.35. The van der Waals surface area contributed by atoms with Gasteiger partial charge in [0.25, 0.3) is 5.91 Å². The Kier molecular flexibility index (Phi) is 8.06. The van der Waals surface area contributed by atoms with Crippen LogP contribution in [-0.4, -0.2) is 99.8 Å². The molecule has 2 aliphatic heterocycles. The first-order valence-electron chi connectivity index (χ1n) is 15.6. The Labute approximate surface area is 268 Å². The van der Waals surface area contributed by atoms with E-state index in [0.29, 0.717) is 31.7 Å². The third kappa shape index (κ3) is 6.27. The van der Waals surface area contributed by atoms with Crippen LogP contribution in [-0.2, 0) is 7.05 Å². The molecule has 0 unspecified atom stereocenters. The van der Waals surface area contributed by atoms with Gasteiger partial charge in [0.05, 0.1) is 11.8 Å². The number of aromatic nitrogens is 5. The average molecular weight is 615 g/mol. The molecule has 1 amide bonds. The van der Waals surface area contributed by atoms with Crippen molar-refractivity contribution in [2.45, 2.75) is 0 Å². The zero-order valence-electron chi connectivity index (χ0n) is 26.3. The van der Waals surface area contributed by atoms with Crippen molar-refractivity contribution in [3.05, 3.63) is 97.2 Å². The maximum atomic E-state index is 13.3. The second-order valence-corrected chi connectivity index (χ2v) is 12.0. The van der Waals surface area contributed by atoms with Crippen molar-refractivity contribution < 1.29 is 4.79 Å². The van der Waals surface area contributed by atoms with Crippen molar-refractivity contribution >= 4 is 39.8 Å². The van der Waals surface area contributed by atoms with Gasteiger partial charge in [0.1, 0.15) is 17.5 Å². The molecule has 4 aromatic heterocycles. The fourth-order valence-corrected chi connectivity index (χ4v) is 6.02. The molecule has 0 bridgehead atoms. The highest BCUT2D eigenvalue weighted by molar-refractivity contribution is 5.94. The monoisotopic (exact) mass is 614 g/mol. The van der Waals surface area contributed by atoms with Crippen LogP contribution >= 0.6 is 0 Å². The van der Waals surface area contributed by atoms with Gasteiger partial charge >= 0.3 is 0 Å². The Balaban J connectivity index is 0.967. The summed E-state index contributed by atoms with van der Waals surface area (Å²) in [6.07, 6.45) is 9.27. The lowest BCUT2D eigenvalue weighted by Crippen LogP contribution is -2.49. The highest BCUT2D eigenvalue weighted by Crippen LogP contribution is 2.27. The number of amides is 1. The van der Waals surface area contributed by atoms with Crippen LogP contribution in [0.1, 0.15) is 15.9 Å². The summed E-state index contributed by atoms with van der Waals surface area (Å²) in [4.78, 5) is 35.8. The smallest absolute Gasteiger partial charge is 0.255 e. The van der Waals surface area contributed by atoms with Crippen molar-refractivity contribution in [3.63, 3.8) is 0 Å². The number of rotatable bonds is 7. The molecule has 234 valence electrons. The number of likely N-dealkylation sites (N-methyl/N-ethyl adjacent to an activating group) is 1. The third-order valence-electron chi connectivity index (χ3n) is 8.85. The van der Waals surface area contributed by atoms with E-state index in [1.807, 2.05) is 60.9 Å². The maximum absolute atomic E-state index is 13.3. The van der Waals surface area contributed by atoms with E-state index in [9.17, 15) is 4.79 Å². The highest BCUT2D eigenvalue weighted by atomic mass is 16.2. The molecule has 2 saturated heterocycles. The van der Waals surface area contributed by atoms with Gasteiger partial charge in [-0.15, -0.1) is 0 Å². The molecule has 2 fully saturated rings. The summed E-state index contributed by atoms with van der Waals surface area (Å²) in [6, 6.07) is 16.2. The average Bonchev–Trinajstić information content (AvgIpc) is 3.54. The number of nitrogens with zero attached hydrogens (tertiary/aromatic N) is 9. The van der Waals surface area contributed by atoms with Crippen molar-refractivity contribution in [1.82, 2.24) is 34.5 Å². The third-order valence-corrected chi connectivity index (χ3v) is 8.85. The number of fused-ring (bicyclic) bond motifs is 1. The van der Waals surface area contributed by atoms with Gasteiger partial charge < -0.3 is 24.9 Å². The normalized spacial score (nSPS) is 15.7. The zero-order valence-corrected chi connectivity index (χ0v) is 26.3. The molecule has 1 aromatic carbocycles. The summed E-state index contributed by atoms with van der Waals surface area (Å²) >= 11 is 0. The van der Waals surface area contributed by atoms with Crippen LogP contribution in [0.2, 0.25) is 0 Å². The minimum atomic E-state index is 0.0202. The summed E-state index contributed by atoms with van der Waals surface area (Å²) in [5.41, 5.74) is 4.47. The van der Waals surface area contributed by atoms with E-state index in [-0.39, 0.29) is 5.91 Å². The molecule has 1 N–H and O–H groups in total. The number of piperazine rings is 2. The standard InChI is InChI=1S/C35H38N10O/c1-25(40-32-19-30-18-27(4-5-28(30)21-37-32)31-23-39-42(3)24-31)26-8-9-36-34(20-26)44-14-16-45(17-15-44)35(46)29-6-7-33(38-22-29)43-12-10-41(2)11-13-43/h4-9,18-24H,1,10-17H2,2-3H3,(H,37,40). The van der Waals surface area contributed by atoms with Crippen molar-refractivity contribution in [2.75, 3.05) is 74.5 Å². The van der Waals surface area contributed by atoms with Gasteiger partial charge in [-0.3, -0.25) is 9.48 Å². The number of carbonyl (C=O) groups is 1. The fraction of sp³-hybridized carbons (Fsp3) is 0.286. The van der Waals surface area contributed by atoms with Gasteiger partial charge in [0.15, 0.2) is 0 Å². The molecule has 11 nitrogen and oxygen atoms in total. The van der Waals surface area contributed by atoms with Gasteiger partial charge in [-0.25, -0.2) is 15.0 Å². The Hall–Kier alpha value is -5.29. The van der Waals surface area contributed by atoms with Crippen LogP contribution in [0, 0.1) is 0 Å². The van der Waals surface area contributed by atoms with Crippen molar-refractivity contribution in [1.29, 1.82) is 0 Å². The van der Waals surface area contributed by atoms with E-state index in [2.05, 4.69) is 71.9 Å². The SMILES string of the molecule is C=C(Nc1cc2cc(-c3cnn(C)c3)ccc2cn1)c1ccnc(N2CCN(C(=O)c3ccc(N4CCN(C)CC4)nc3)CC2)c1. The zero-order chi connectivity index (χ0) is 31.6. The molecule has 2 aliphatic rings. The fourth-order valence-electron chi connectivity index (χ4n) is 6.02. The largest absolute Gasteiger partial charge is 0.354 e. The van der Waals surface area contributed by atoms with Crippen LogP contribution < -0.4 is 15.1 Å². The topological polar surface area (TPSA) is 98.5 Å². The number of hydrogen-bond donors (Lipinski definition) is 1. The van der Waals surface area contributed by atoms with Crippen LogP contribution in [0.25, 0.3) is 27.6 Å². The predicted molar refractivity (Wildman–Crippen MR) is 183 cm³/mol. The number of anilines is 3. The van der Waals surface area contributed by atoms with Crippen LogP contribution in [0.5, 0.6) is 0 Å². The van der Waals surface area contributed by atoms with E-state index in [1.54, 1.807) is 17.1 Å². The first kappa shape index (κ1) is 29.4. The molecular weight excluding hydrogens is 576 g/mol. The van der Waals surface area contributed by atoms with Gasteiger partial charge in [-0.05, 0) is 54.4 Å². The predicted octanol–water partition coefficient (Wildman–Crippen LogP) is 4.22. The molecule has 5 aromatic rings. The number of aryl methyl sites for hydroxylation is 1. The Morgan fingerprint density at radius 3 is 2.24 bits per heavy atom. The number of nitrogens with one attached hydrogen (secondary N) is 1.